The van der Waals surface area contributed by atoms with E-state index in [1.807, 2.05) is 13.8 Å². The lowest BCUT2D eigenvalue weighted by Crippen LogP contribution is -2.19. The van der Waals surface area contributed by atoms with Gasteiger partial charge in [0.2, 0.25) is 0 Å². The zero-order chi connectivity index (χ0) is 12.4. The van der Waals surface area contributed by atoms with E-state index in [1.54, 1.807) is 10.6 Å². The summed E-state index contributed by atoms with van der Waals surface area (Å²) in [5.41, 5.74) is 5.32. The van der Waals surface area contributed by atoms with Gasteiger partial charge < -0.3 is 5.73 Å². The predicted octanol–water partition coefficient (Wildman–Crippen LogP) is 0.676. The minimum Gasteiger partial charge on any atom is -0.384 e. The third-order valence-corrected chi connectivity index (χ3v) is 2.95. The highest BCUT2D eigenvalue weighted by atomic mass is 32.2. The van der Waals surface area contributed by atoms with Crippen LogP contribution in [0.5, 0.6) is 0 Å². The fourth-order valence-electron chi connectivity index (χ4n) is 1.32. The SMILES string of the molecule is CC(C)n1c(Sc2cc(N)ncn2)n[nH]c1=O. The Morgan fingerprint density at radius 2 is 2.24 bits per heavy atom. The van der Waals surface area contributed by atoms with Crippen LogP contribution in [0.3, 0.4) is 0 Å². The number of hydrogen-bond donors (Lipinski definition) is 2. The van der Waals surface area contributed by atoms with Crippen LogP contribution in [0.15, 0.2) is 27.4 Å². The van der Waals surface area contributed by atoms with E-state index in [-0.39, 0.29) is 11.7 Å². The molecule has 0 saturated heterocycles. The highest BCUT2D eigenvalue weighted by Gasteiger charge is 2.13. The van der Waals surface area contributed by atoms with Crippen LogP contribution in [0.2, 0.25) is 0 Å². The number of nitrogens with zero attached hydrogens (tertiary/aromatic N) is 4. The number of nitrogen functional groups attached to an aromatic ring is 1. The molecule has 0 spiro atoms. The maximum Gasteiger partial charge on any atom is 0.344 e. The van der Waals surface area contributed by atoms with Gasteiger partial charge >= 0.3 is 5.69 Å². The van der Waals surface area contributed by atoms with Gasteiger partial charge in [-0.15, -0.1) is 5.10 Å². The van der Waals surface area contributed by atoms with Gasteiger partial charge in [-0.3, -0.25) is 4.57 Å². The minimum atomic E-state index is -0.232. The molecule has 0 aromatic carbocycles. The summed E-state index contributed by atoms with van der Waals surface area (Å²) in [5.74, 6) is 0.386. The van der Waals surface area contributed by atoms with Crippen LogP contribution in [-0.2, 0) is 0 Å². The largest absolute Gasteiger partial charge is 0.384 e. The second-order valence-corrected chi connectivity index (χ2v) is 4.65. The second-order valence-electron chi connectivity index (χ2n) is 3.66. The first kappa shape index (κ1) is 11.6. The monoisotopic (exact) mass is 252 g/mol. The number of anilines is 1. The maximum atomic E-state index is 11.5. The van der Waals surface area contributed by atoms with Crippen molar-refractivity contribution in [2.24, 2.45) is 0 Å². The van der Waals surface area contributed by atoms with Gasteiger partial charge in [-0.2, -0.15) is 0 Å². The number of H-pyrrole nitrogens is 1. The summed E-state index contributed by atoms with van der Waals surface area (Å²) < 4.78 is 1.56. The van der Waals surface area contributed by atoms with Crippen molar-refractivity contribution in [3.05, 3.63) is 22.9 Å². The van der Waals surface area contributed by atoms with E-state index < -0.39 is 0 Å². The van der Waals surface area contributed by atoms with E-state index in [4.69, 9.17) is 5.73 Å². The molecule has 0 unspecified atom stereocenters. The second kappa shape index (κ2) is 4.58. The summed E-state index contributed by atoms with van der Waals surface area (Å²) in [5, 5.41) is 7.57. The molecule has 90 valence electrons. The van der Waals surface area contributed by atoms with E-state index >= 15 is 0 Å². The Morgan fingerprint density at radius 1 is 1.47 bits per heavy atom. The Balaban J connectivity index is 2.34. The highest BCUT2D eigenvalue weighted by molar-refractivity contribution is 7.99. The van der Waals surface area contributed by atoms with Gasteiger partial charge in [0.15, 0.2) is 5.16 Å². The van der Waals surface area contributed by atoms with Gasteiger partial charge in [-0.1, -0.05) is 0 Å². The van der Waals surface area contributed by atoms with Crippen LogP contribution in [0.25, 0.3) is 0 Å². The molecular weight excluding hydrogens is 240 g/mol. The molecule has 3 N–H and O–H groups in total. The van der Waals surface area contributed by atoms with Crippen LogP contribution in [-0.4, -0.2) is 24.7 Å². The number of hydrogen-bond acceptors (Lipinski definition) is 6. The van der Waals surface area contributed by atoms with Crippen LogP contribution >= 0.6 is 11.8 Å². The minimum absolute atomic E-state index is 0.0305. The van der Waals surface area contributed by atoms with Crippen molar-refractivity contribution in [3.63, 3.8) is 0 Å². The summed E-state index contributed by atoms with van der Waals surface area (Å²) in [6.45, 7) is 3.82. The molecule has 0 atom stereocenters. The van der Waals surface area contributed by atoms with E-state index in [2.05, 4.69) is 20.2 Å². The molecule has 17 heavy (non-hydrogen) atoms. The molecule has 0 aliphatic heterocycles. The molecule has 7 nitrogen and oxygen atoms in total. The standard InChI is InChI=1S/C9H12N6OS/c1-5(2)15-8(16)13-14-9(15)17-7-3-6(10)11-4-12-7/h3-5H,1-2H3,(H,13,16)(H2,10,11,12). The van der Waals surface area contributed by atoms with Crippen molar-refractivity contribution in [3.8, 4) is 0 Å². The third kappa shape index (κ3) is 2.47. The summed E-state index contributed by atoms with van der Waals surface area (Å²) >= 11 is 1.27. The zero-order valence-corrected chi connectivity index (χ0v) is 10.2. The molecule has 2 rings (SSSR count). The van der Waals surface area contributed by atoms with Crippen LogP contribution in [0, 0.1) is 0 Å². The van der Waals surface area contributed by atoms with Gasteiger partial charge in [-0.05, 0) is 25.6 Å². The molecule has 0 bridgehead atoms. The normalized spacial score (nSPS) is 11.0. The average molecular weight is 252 g/mol. The van der Waals surface area contributed by atoms with Gasteiger partial charge in [0.25, 0.3) is 0 Å². The fourth-order valence-corrected chi connectivity index (χ4v) is 2.27. The van der Waals surface area contributed by atoms with E-state index in [0.29, 0.717) is 16.0 Å². The number of aromatic amines is 1. The van der Waals surface area contributed by atoms with Gasteiger partial charge in [0.1, 0.15) is 17.2 Å². The Labute approximate surface area is 101 Å². The Kier molecular flexibility index (Phi) is 3.14. The first-order valence-electron chi connectivity index (χ1n) is 5.00. The summed E-state index contributed by atoms with van der Waals surface area (Å²) in [7, 11) is 0. The van der Waals surface area contributed by atoms with Crippen molar-refractivity contribution in [2.45, 2.75) is 30.1 Å². The fraction of sp³-hybridized carbons (Fsp3) is 0.333. The number of nitrogens with one attached hydrogen (secondary N) is 1. The first-order chi connectivity index (χ1) is 8.08. The quantitative estimate of drug-likeness (QED) is 0.778. The lowest BCUT2D eigenvalue weighted by Gasteiger charge is -2.07. The molecular formula is C9H12N6OS. The average Bonchev–Trinajstić information content (AvgIpc) is 2.59. The molecule has 0 aliphatic carbocycles. The van der Waals surface area contributed by atoms with E-state index in [1.165, 1.54) is 18.1 Å². The van der Waals surface area contributed by atoms with Gasteiger partial charge in [0, 0.05) is 12.1 Å². The molecule has 2 aromatic rings. The molecule has 0 aliphatic rings. The predicted molar refractivity (Wildman–Crippen MR) is 63.8 cm³/mol. The topological polar surface area (TPSA) is 102 Å². The van der Waals surface area contributed by atoms with Crippen LogP contribution in [0.4, 0.5) is 5.82 Å². The van der Waals surface area contributed by atoms with Gasteiger partial charge in [0.05, 0.1) is 0 Å². The zero-order valence-electron chi connectivity index (χ0n) is 9.41. The molecule has 0 saturated carbocycles. The highest BCUT2D eigenvalue weighted by Crippen LogP contribution is 2.24. The van der Waals surface area contributed by atoms with Crippen molar-refractivity contribution in [1.82, 2.24) is 24.7 Å². The van der Waals surface area contributed by atoms with E-state index in [9.17, 15) is 4.79 Å². The summed E-state index contributed by atoms with van der Waals surface area (Å²) in [4.78, 5) is 19.4. The Bertz CT molecular complexity index is 575. The van der Waals surface area contributed by atoms with E-state index in [0.717, 1.165) is 0 Å². The van der Waals surface area contributed by atoms with Crippen molar-refractivity contribution in [2.75, 3.05) is 5.73 Å². The third-order valence-electron chi connectivity index (χ3n) is 2.05. The molecule has 0 amide bonds. The summed E-state index contributed by atoms with van der Waals surface area (Å²) in [6, 6.07) is 1.66. The number of nitrogens with two attached hydrogens (primary N) is 1. The Hall–Kier alpha value is -1.83. The van der Waals surface area contributed by atoms with Crippen molar-refractivity contribution in [1.29, 1.82) is 0 Å². The van der Waals surface area contributed by atoms with Crippen molar-refractivity contribution < 1.29 is 0 Å². The van der Waals surface area contributed by atoms with Crippen LogP contribution in [0.1, 0.15) is 19.9 Å². The smallest absolute Gasteiger partial charge is 0.344 e. The van der Waals surface area contributed by atoms with Gasteiger partial charge in [-0.25, -0.2) is 19.9 Å². The Morgan fingerprint density at radius 3 is 2.88 bits per heavy atom. The summed E-state index contributed by atoms with van der Waals surface area (Å²) in [6.07, 6.45) is 1.38. The lowest BCUT2D eigenvalue weighted by molar-refractivity contribution is 0.534. The molecule has 2 heterocycles. The van der Waals surface area contributed by atoms with Crippen molar-refractivity contribution >= 4 is 17.6 Å². The molecule has 2 aromatic heterocycles. The first-order valence-corrected chi connectivity index (χ1v) is 5.82. The molecule has 0 fully saturated rings. The molecule has 8 heteroatoms. The lowest BCUT2D eigenvalue weighted by atomic mass is 10.4. The maximum absolute atomic E-state index is 11.5. The van der Waals surface area contributed by atoms with Crippen LogP contribution < -0.4 is 11.4 Å². The number of rotatable bonds is 3. The number of aromatic nitrogens is 5. The molecule has 0 radical (unpaired) electrons.